The molecule has 3 aromatic rings. The average molecular weight is 400 g/mol. The lowest BCUT2D eigenvalue weighted by atomic mass is 10.0. The second kappa shape index (κ2) is 9.10. The number of carbonyl (C=O) groups excluding carboxylic acids is 1. The van der Waals surface area contributed by atoms with Crippen LogP contribution >= 0.6 is 0 Å². The quantitative estimate of drug-likeness (QED) is 0.494. The van der Waals surface area contributed by atoms with Crippen molar-refractivity contribution < 1.29 is 9.53 Å². The number of aryl methyl sites for hydroxylation is 1. The molecule has 0 aliphatic heterocycles. The summed E-state index contributed by atoms with van der Waals surface area (Å²) in [5.74, 6) is 0.379. The highest BCUT2D eigenvalue weighted by Gasteiger charge is 2.15. The van der Waals surface area contributed by atoms with E-state index in [0.717, 1.165) is 22.6 Å². The molecule has 0 saturated carbocycles. The van der Waals surface area contributed by atoms with Crippen LogP contribution in [0.25, 0.3) is 23.0 Å². The predicted octanol–water partition coefficient (Wildman–Crippen LogP) is 4.29. The number of nitrogens with one attached hydrogen (secondary N) is 1. The summed E-state index contributed by atoms with van der Waals surface area (Å²) in [6.45, 7) is 5.95. The van der Waals surface area contributed by atoms with E-state index in [-0.39, 0.29) is 11.7 Å². The van der Waals surface area contributed by atoms with Gasteiger partial charge in [-0.2, -0.15) is 10.4 Å². The van der Waals surface area contributed by atoms with E-state index in [1.165, 1.54) is 7.05 Å². The Bertz CT molecular complexity index is 1120. The van der Waals surface area contributed by atoms with Gasteiger partial charge in [-0.05, 0) is 62.7 Å². The van der Waals surface area contributed by atoms with Crippen LogP contribution in [0.3, 0.4) is 0 Å². The fourth-order valence-corrected chi connectivity index (χ4v) is 3.05. The smallest absolute Gasteiger partial charge is 0.261 e. The Hall–Kier alpha value is -3.85. The number of carbonyl (C=O) groups is 1. The minimum absolute atomic E-state index is 0.0165. The zero-order chi connectivity index (χ0) is 21.7. The Labute approximate surface area is 176 Å². The lowest BCUT2D eigenvalue weighted by Gasteiger charge is -2.13. The number of hydrogen-bond donors (Lipinski definition) is 1. The standard InChI is InChI=1S/C24H24N4O2/c1-16(2)30-22-11-10-18(12-17(22)3)23-20(13-19(14-25)24(29)26-4)15-28(27-23)21-8-6-5-7-9-21/h5-13,15-16H,1-4H3,(H,26,29). The lowest BCUT2D eigenvalue weighted by molar-refractivity contribution is -0.116. The molecule has 0 atom stereocenters. The minimum Gasteiger partial charge on any atom is -0.491 e. The van der Waals surface area contributed by atoms with Crippen LogP contribution in [0.4, 0.5) is 0 Å². The molecule has 0 radical (unpaired) electrons. The Kier molecular flexibility index (Phi) is 6.33. The molecule has 0 aliphatic carbocycles. The van der Waals surface area contributed by atoms with Crippen LogP contribution in [0.15, 0.2) is 60.3 Å². The van der Waals surface area contributed by atoms with Gasteiger partial charge in [0.1, 0.15) is 23.1 Å². The highest BCUT2D eigenvalue weighted by molar-refractivity contribution is 6.02. The largest absolute Gasteiger partial charge is 0.491 e. The first-order valence-electron chi connectivity index (χ1n) is 9.69. The topological polar surface area (TPSA) is 79.9 Å². The van der Waals surface area contributed by atoms with Crippen LogP contribution in [0.2, 0.25) is 0 Å². The van der Waals surface area contributed by atoms with E-state index in [1.807, 2.05) is 81.6 Å². The lowest BCUT2D eigenvalue weighted by Crippen LogP contribution is -2.19. The van der Waals surface area contributed by atoms with Gasteiger partial charge >= 0.3 is 0 Å². The number of likely N-dealkylation sites (N-methyl/N-ethyl adjacent to an activating group) is 1. The molecule has 1 aromatic heterocycles. The Morgan fingerprint density at radius 1 is 1.23 bits per heavy atom. The molecule has 0 aliphatic rings. The third kappa shape index (κ3) is 4.58. The first kappa shape index (κ1) is 20.9. The first-order valence-corrected chi connectivity index (χ1v) is 9.69. The Morgan fingerprint density at radius 3 is 2.57 bits per heavy atom. The van der Waals surface area contributed by atoms with Crippen molar-refractivity contribution in [2.24, 2.45) is 0 Å². The molecule has 6 heteroatoms. The fraction of sp³-hybridized carbons (Fsp3) is 0.208. The van der Waals surface area contributed by atoms with E-state index in [4.69, 9.17) is 9.84 Å². The van der Waals surface area contributed by atoms with Crippen molar-refractivity contribution in [3.63, 3.8) is 0 Å². The Morgan fingerprint density at radius 2 is 1.97 bits per heavy atom. The first-order chi connectivity index (χ1) is 14.4. The zero-order valence-corrected chi connectivity index (χ0v) is 17.5. The zero-order valence-electron chi connectivity index (χ0n) is 17.5. The van der Waals surface area contributed by atoms with E-state index in [2.05, 4.69) is 5.32 Å². The number of hydrogen-bond acceptors (Lipinski definition) is 4. The van der Waals surface area contributed by atoms with Crippen molar-refractivity contribution >= 4 is 12.0 Å². The van der Waals surface area contributed by atoms with Gasteiger partial charge in [0.25, 0.3) is 5.91 Å². The normalized spacial score (nSPS) is 11.3. The molecule has 0 fully saturated rings. The van der Waals surface area contributed by atoms with Gasteiger partial charge in [-0.15, -0.1) is 0 Å². The molecule has 0 spiro atoms. The van der Waals surface area contributed by atoms with Crippen LogP contribution in [0.5, 0.6) is 5.75 Å². The van der Waals surface area contributed by atoms with Gasteiger partial charge in [0.05, 0.1) is 11.8 Å². The Balaban J connectivity index is 2.14. The predicted molar refractivity (Wildman–Crippen MR) is 117 cm³/mol. The molecule has 0 saturated heterocycles. The highest BCUT2D eigenvalue weighted by atomic mass is 16.5. The maximum atomic E-state index is 12.0. The van der Waals surface area contributed by atoms with Crippen molar-refractivity contribution in [3.05, 3.63) is 71.4 Å². The van der Waals surface area contributed by atoms with Crippen molar-refractivity contribution in [2.45, 2.75) is 26.9 Å². The summed E-state index contributed by atoms with van der Waals surface area (Å²) in [7, 11) is 1.50. The number of aromatic nitrogens is 2. The molecule has 0 bridgehead atoms. The molecule has 1 amide bonds. The number of para-hydroxylation sites is 1. The molecule has 30 heavy (non-hydrogen) atoms. The summed E-state index contributed by atoms with van der Waals surface area (Å²) >= 11 is 0. The monoisotopic (exact) mass is 400 g/mol. The van der Waals surface area contributed by atoms with E-state index in [0.29, 0.717) is 11.3 Å². The second-order valence-electron chi connectivity index (χ2n) is 7.11. The molecule has 3 rings (SSSR count). The van der Waals surface area contributed by atoms with Crippen molar-refractivity contribution in [2.75, 3.05) is 7.05 Å². The van der Waals surface area contributed by atoms with Gasteiger partial charge in [0.2, 0.25) is 0 Å². The van der Waals surface area contributed by atoms with E-state index < -0.39 is 5.91 Å². The summed E-state index contributed by atoms with van der Waals surface area (Å²) in [6, 6.07) is 17.5. The van der Waals surface area contributed by atoms with Crippen molar-refractivity contribution in [1.29, 1.82) is 5.26 Å². The molecule has 6 nitrogen and oxygen atoms in total. The third-order valence-corrected chi connectivity index (χ3v) is 4.47. The summed E-state index contributed by atoms with van der Waals surface area (Å²) in [6.07, 6.45) is 3.46. The maximum absolute atomic E-state index is 12.0. The number of benzene rings is 2. The van der Waals surface area contributed by atoms with E-state index in [9.17, 15) is 10.1 Å². The molecular formula is C24H24N4O2. The fourth-order valence-electron chi connectivity index (χ4n) is 3.05. The van der Waals surface area contributed by atoms with Crippen LogP contribution in [0.1, 0.15) is 25.0 Å². The molecule has 152 valence electrons. The number of ether oxygens (including phenoxy) is 1. The highest BCUT2D eigenvalue weighted by Crippen LogP contribution is 2.30. The van der Waals surface area contributed by atoms with Crippen molar-refractivity contribution in [3.8, 4) is 28.8 Å². The van der Waals surface area contributed by atoms with Gasteiger partial charge in [-0.25, -0.2) is 4.68 Å². The second-order valence-corrected chi connectivity index (χ2v) is 7.11. The molecule has 2 aromatic carbocycles. The van der Waals surface area contributed by atoms with Gasteiger partial charge in [0.15, 0.2) is 0 Å². The molecular weight excluding hydrogens is 376 g/mol. The SMILES string of the molecule is CNC(=O)C(C#N)=Cc1cn(-c2ccccc2)nc1-c1ccc(OC(C)C)c(C)c1. The summed E-state index contributed by atoms with van der Waals surface area (Å²) in [5, 5.41) is 16.7. The van der Waals surface area contributed by atoms with Crippen LogP contribution in [-0.4, -0.2) is 28.8 Å². The van der Waals surface area contributed by atoms with E-state index in [1.54, 1.807) is 10.8 Å². The minimum atomic E-state index is -0.437. The number of nitriles is 1. The summed E-state index contributed by atoms with van der Waals surface area (Å²) in [4.78, 5) is 12.0. The van der Waals surface area contributed by atoms with Crippen LogP contribution in [0, 0.1) is 18.3 Å². The van der Waals surface area contributed by atoms with Crippen molar-refractivity contribution in [1.82, 2.24) is 15.1 Å². The van der Waals surface area contributed by atoms with Gasteiger partial charge in [0, 0.05) is 24.4 Å². The summed E-state index contributed by atoms with van der Waals surface area (Å²) in [5.41, 5.74) is 4.11. The molecule has 1 N–H and O–H groups in total. The number of rotatable bonds is 6. The third-order valence-electron chi connectivity index (χ3n) is 4.47. The van der Waals surface area contributed by atoms with Gasteiger partial charge < -0.3 is 10.1 Å². The van der Waals surface area contributed by atoms with Crippen LogP contribution in [-0.2, 0) is 4.79 Å². The summed E-state index contributed by atoms with van der Waals surface area (Å²) < 4.78 is 7.58. The van der Waals surface area contributed by atoms with Crippen LogP contribution < -0.4 is 10.1 Å². The average Bonchev–Trinajstić information content (AvgIpc) is 3.17. The number of amides is 1. The maximum Gasteiger partial charge on any atom is 0.261 e. The molecule has 1 heterocycles. The van der Waals surface area contributed by atoms with E-state index >= 15 is 0 Å². The molecule has 0 unspecified atom stereocenters. The number of nitrogens with zero attached hydrogens (tertiary/aromatic N) is 3. The van der Waals surface area contributed by atoms with Gasteiger partial charge in [-0.1, -0.05) is 18.2 Å². The van der Waals surface area contributed by atoms with Gasteiger partial charge in [-0.3, -0.25) is 4.79 Å².